The van der Waals surface area contributed by atoms with Gasteiger partial charge in [0.05, 0.1) is 0 Å². The van der Waals surface area contributed by atoms with Crippen LogP contribution in [0, 0.1) is 13.8 Å². The Kier molecular flexibility index (Phi) is 2.42. The molecule has 0 unspecified atom stereocenters. The molecule has 1 aromatic carbocycles. The van der Waals surface area contributed by atoms with Crippen LogP contribution in [0.15, 0.2) is 36.5 Å². The summed E-state index contributed by atoms with van der Waals surface area (Å²) in [6, 6.07) is 10.1. The van der Waals surface area contributed by atoms with Crippen LogP contribution in [0.5, 0.6) is 0 Å². The highest BCUT2D eigenvalue weighted by Gasteiger charge is 1.99. The average Bonchev–Trinajstić information content (AvgIpc) is 2.17. The topological polar surface area (TPSA) is 38.9 Å². The third kappa shape index (κ3) is 2.15. The summed E-state index contributed by atoms with van der Waals surface area (Å²) in [5.41, 5.74) is 11.0. The number of hydrogen-bond donors (Lipinski definition) is 1. The Morgan fingerprint density at radius 3 is 2.40 bits per heavy atom. The van der Waals surface area contributed by atoms with E-state index in [4.69, 9.17) is 5.73 Å². The van der Waals surface area contributed by atoms with Crippen molar-refractivity contribution in [3.63, 3.8) is 0 Å². The molecule has 0 radical (unpaired) electrons. The Hall–Kier alpha value is -1.83. The van der Waals surface area contributed by atoms with Gasteiger partial charge < -0.3 is 5.73 Å². The van der Waals surface area contributed by atoms with Gasteiger partial charge in [-0.25, -0.2) is 0 Å². The number of aryl methyl sites for hydroxylation is 2. The van der Waals surface area contributed by atoms with Gasteiger partial charge in [-0.1, -0.05) is 12.1 Å². The van der Waals surface area contributed by atoms with Crippen LogP contribution in [-0.4, -0.2) is 4.98 Å². The molecule has 0 aliphatic rings. The molecule has 2 rings (SSSR count). The van der Waals surface area contributed by atoms with Crippen molar-refractivity contribution in [2.24, 2.45) is 0 Å². The Morgan fingerprint density at radius 1 is 1.00 bits per heavy atom. The lowest BCUT2D eigenvalue weighted by molar-refractivity contribution is 1.20. The van der Waals surface area contributed by atoms with Gasteiger partial charge in [-0.3, -0.25) is 4.98 Å². The summed E-state index contributed by atoms with van der Waals surface area (Å²) < 4.78 is 0. The van der Waals surface area contributed by atoms with Crippen LogP contribution < -0.4 is 5.73 Å². The first kappa shape index (κ1) is 9.71. The summed E-state index contributed by atoms with van der Waals surface area (Å²) in [6.07, 6.45) is 1.88. The van der Waals surface area contributed by atoms with Gasteiger partial charge in [0.15, 0.2) is 0 Å². The summed E-state index contributed by atoms with van der Waals surface area (Å²) >= 11 is 0. The average molecular weight is 198 g/mol. The highest BCUT2D eigenvalue weighted by Crippen LogP contribution is 2.22. The van der Waals surface area contributed by atoms with E-state index in [2.05, 4.69) is 17.1 Å². The predicted molar refractivity (Wildman–Crippen MR) is 63.6 cm³/mol. The van der Waals surface area contributed by atoms with Crippen LogP contribution in [0.4, 0.5) is 5.69 Å². The number of anilines is 1. The zero-order chi connectivity index (χ0) is 10.8. The first-order valence-electron chi connectivity index (χ1n) is 4.95. The molecule has 1 aromatic heterocycles. The number of aromatic nitrogens is 1. The number of nitrogens with zero attached hydrogens (tertiary/aromatic N) is 1. The van der Waals surface area contributed by atoms with Gasteiger partial charge in [-0.05, 0) is 43.2 Å². The summed E-state index contributed by atoms with van der Waals surface area (Å²) in [7, 11) is 0. The van der Waals surface area contributed by atoms with E-state index in [-0.39, 0.29) is 0 Å². The van der Waals surface area contributed by atoms with E-state index in [1.54, 1.807) is 0 Å². The third-order valence-electron chi connectivity index (χ3n) is 2.34. The summed E-state index contributed by atoms with van der Waals surface area (Å²) in [5, 5.41) is 0. The molecular formula is C13H14N2. The van der Waals surface area contributed by atoms with Gasteiger partial charge in [-0.2, -0.15) is 0 Å². The van der Waals surface area contributed by atoms with Gasteiger partial charge in [-0.15, -0.1) is 0 Å². The molecule has 0 saturated heterocycles. The predicted octanol–water partition coefficient (Wildman–Crippen LogP) is 2.95. The van der Waals surface area contributed by atoms with Crippen LogP contribution in [0.3, 0.4) is 0 Å². The lowest BCUT2D eigenvalue weighted by Crippen LogP contribution is -1.88. The van der Waals surface area contributed by atoms with Crippen molar-refractivity contribution in [3.8, 4) is 11.1 Å². The third-order valence-corrected chi connectivity index (χ3v) is 2.34. The van der Waals surface area contributed by atoms with E-state index in [0.717, 1.165) is 22.5 Å². The molecule has 1 heterocycles. The van der Waals surface area contributed by atoms with Crippen LogP contribution in [0.2, 0.25) is 0 Å². The monoisotopic (exact) mass is 198 g/mol. The number of benzene rings is 1. The smallest absolute Gasteiger partial charge is 0.0373 e. The Bertz CT molecular complexity index is 452. The van der Waals surface area contributed by atoms with Crippen molar-refractivity contribution in [1.82, 2.24) is 4.98 Å². The highest BCUT2D eigenvalue weighted by molar-refractivity contribution is 5.67. The van der Waals surface area contributed by atoms with Crippen molar-refractivity contribution in [1.29, 1.82) is 0 Å². The second-order valence-electron chi connectivity index (χ2n) is 3.82. The Morgan fingerprint density at radius 2 is 1.80 bits per heavy atom. The summed E-state index contributed by atoms with van der Waals surface area (Å²) in [4.78, 5) is 4.27. The molecule has 0 saturated carbocycles. The van der Waals surface area contributed by atoms with Crippen LogP contribution in [0.25, 0.3) is 11.1 Å². The maximum atomic E-state index is 5.81. The molecule has 0 spiro atoms. The number of pyridine rings is 1. The lowest BCUT2D eigenvalue weighted by Gasteiger charge is -2.04. The van der Waals surface area contributed by atoms with E-state index in [0.29, 0.717) is 0 Å². The van der Waals surface area contributed by atoms with Crippen molar-refractivity contribution in [2.45, 2.75) is 13.8 Å². The fraction of sp³-hybridized carbons (Fsp3) is 0.154. The van der Waals surface area contributed by atoms with E-state index < -0.39 is 0 Å². The summed E-state index contributed by atoms with van der Waals surface area (Å²) in [5.74, 6) is 0. The van der Waals surface area contributed by atoms with Gasteiger partial charge in [0.25, 0.3) is 0 Å². The molecular weight excluding hydrogens is 184 g/mol. The largest absolute Gasteiger partial charge is 0.399 e. The highest BCUT2D eigenvalue weighted by atomic mass is 14.7. The molecule has 0 bridgehead atoms. The second-order valence-corrected chi connectivity index (χ2v) is 3.82. The van der Waals surface area contributed by atoms with Gasteiger partial charge >= 0.3 is 0 Å². The minimum atomic E-state index is 0.797. The number of hydrogen-bond acceptors (Lipinski definition) is 2. The van der Waals surface area contributed by atoms with Crippen molar-refractivity contribution < 1.29 is 0 Å². The van der Waals surface area contributed by atoms with Crippen LogP contribution in [0.1, 0.15) is 11.3 Å². The SMILES string of the molecule is Cc1cc(N)cc(-c2ccc(C)nc2)c1. The van der Waals surface area contributed by atoms with Gasteiger partial charge in [0.1, 0.15) is 0 Å². The quantitative estimate of drug-likeness (QED) is 0.715. The van der Waals surface area contributed by atoms with Gasteiger partial charge in [0, 0.05) is 23.1 Å². The van der Waals surface area contributed by atoms with Crippen molar-refractivity contribution >= 4 is 5.69 Å². The summed E-state index contributed by atoms with van der Waals surface area (Å²) in [6.45, 7) is 4.02. The first-order chi connectivity index (χ1) is 7.15. The van der Waals surface area contributed by atoms with E-state index in [1.165, 1.54) is 5.56 Å². The Balaban J connectivity index is 2.49. The minimum absolute atomic E-state index is 0.797. The molecule has 0 aliphatic carbocycles. The molecule has 2 nitrogen and oxygen atoms in total. The molecule has 2 aromatic rings. The van der Waals surface area contributed by atoms with Crippen LogP contribution >= 0.6 is 0 Å². The van der Waals surface area contributed by atoms with E-state index >= 15 is 0 Å². The first-order valence-corrected chi connectivity index (χ1v) is 4.95. The minimum Gasteiger partial charge on any atom is -0.399 e. The zero-order valence-corrected chi connectivity index (χ0v) is 8.99. The number of nitrogens with two attached hydrogens (primary N) is 1. The van der Waals surface area contributed by atoms with E-state index in [1.807, 2.05) is 38.2 Å². The maximum Gasteiger partial charge on any atom is 0.0373 e. The standard InChI is InChI=1S/C13H14N2/c1-9-5-12(7-13(14)6-9)11-4-3-10(2)15-8-11/h3-8H,14H2,1-2H3. The van der Waals surface area contributed by atoms with Crippen molar-refractivity contribution in [3.05, 3.63) is 47.8 Å². The fourth-order valence-corrected chi connectivity index (χ4v) is 1.62. The maximum absolute atomic E-state index is 5.81. The fourth-order valence-electron chi connectivity index (χ4n) is 1.62. The number of nitrogen functional groups attached to an aromatic ring is 1. The molecule has 0 amide bonds. The van der Waals surface area contributed by atoms with Crippen molar-refractivity contribution in [2.75, 3.05) is 5.73 Å². The van der Waals surface area contributed by atoms with E-state index in [9.17, 15) is 0 Å². The molecule has 0 atom stereocenters. The lowest BCUT2D eigenvalue weighted by atomic mass is 10.0. The second kappa shape index (κ2) is 3.73. The number of rotatable bonds is 1. The molecule has 2 heteroatoms. The molecule has 0 fully saturated rings. The molecule has 0 aliphatic heterocycles. The zero-order valence-electron chi connectivity index (χ0n) is 8.99. The normalized spacial score (nSPS) is 10.3. The van der Waals surface area contributed by atoms with Crippen LogP contribution in [-0.2, 0) is 0 Å². The Labute approximate surface area is 89.8 Å². The molecule has 2 N–H and O–H groups in total. The molecule has 76 valence electrons. The van der Waals surface area contributed by atoms with Gasteiger partial charge in [0.2, 0.25) is 0 Å². The molecule has 15 heavy (non-hydrogen) atoms.